The number of pyridine rings is 1. The second-order valence-electron chi connectivity index (χ2n) is 9.04. The fourth-order valence-electron chi connectivity index (χ4n) is 5.40. The third kappa shape index (κ3) is 2.91. The van der Waals surface area contributed by atoms with Crippen molar-refractivity contribution < 1.29 is 0 Å². The van der Waals surface area contributed by atoms with Crippen molar-refractivity contribution in [1.29, 1.82) is 0 Å². The summed E-state index contributed by atoms with van der Waals surface area (Å²) >= 11 is 0. The molecule has 2 heteroatoms. The lowest BCUT2D eigenvalue weighted by Crippen LogP contribution is -1.97. The molecule has 0 saturated carbocycles. The van der Waals surface area contributed by atoms with E-state index < -0.39 is 0 Å². The lowest BCUT2D eigenvalue weighted by molar-refractivity contribution is 0.943. The van der Waals surface area contributed by atoms with Crippen molar-refractivity contribution in [2.75, 3.05) is 0 Å². The molecule has 0 amide bonds. The summed E-state index contributed by atoms with van der Waals surface area (Å²) in [6, 6.07) is 24.4. The fourth-order valence-corrected chi connectivity index (χ4v) is 5.40. The number of fused-ring (bicyclic) bond motifs is 8. The van der Waals surface area contributed by atoms with Crippen LogP contribution in [-0.4, -0.2) is 9.38 Å². The summed E-state index contributed by atoms with van der Waals surface area (Å²) in [5, 5.41) is 3.77. The van der Waals surface area contributed by atoms with E-state index in [4.69, 9.17) is 4.98 Å². The molecule has 33 heavy (non-hydrogen) atoms. The molecule has 0 saturated heterocycles. The predicted octanol–water partition coefficient (Wildman–Crippen LogP) is 8.00. The maximum absolute atomic E-state index is 5.17. The number of hydrogen-bond acceptors (Lipinski definition) is 1. The number of imidazole rings is 1. The first-order valence-corrected chi connectivity index (χ1v) is 11.9. The predicted molar refractivity (Wildman–Crippen MR) is 139 cm³/mol. The van der Waals surface area contributed by atoms with Gasteiger partial charge in [0, 0.05) is 10.8 Å². The normalized spacial score (nSPS) is 15.3. The van der Waals surface area contributed by atoms with Gasteiger partial charge >= 0.3 is 0 Å². The fraction of sp³-hybridized carbons (Fsp3) is 0.129. The van der Waals surface area contributed by atoms with Crippen molar-refractivity contribution >= 4 is 39.0 Å². The van der Waals surface area contributed by atoms with E-state index in [1.165, 1.54) is 55.3 Å². The van der Waals surface area contributed by atoms with Crippen molar-refractivity contribution in [3.8, 4) is 11.1 Å². The third-order valence-electron chi connectivity index (χ3n) is 7.04. The summed E-state index contributed by atoms with van der Waals surface area (Å²) in [4.78, 5) is 5.17. The van der Waals surface area contributed by atoms with Gasteiger partial charge in [-0.25, -0.2) is 4.98 Å². The lowest BCUT2D eigenvalue weighted by atomic mass is 9.95. The molecule has 2 aromatic heterocycles. The number of allylic oxidation sites excluding steroid dienone is 5. The van der Waals surface area contributed by atoms with Gasteiger partial charge in [-0.1, -0.05) is 72.8 Å². The molecule has 2 heterocycles. The van der Waals surface area contributed by atoms with Crippen molar-refractivity contribution in [1.82, 2.24) is 9.38 Å². The Hall–Kier alpha value is -3.91. The molecular formula is C31H24N2. The zero-order valence-corrected chi connectivity index (χ0v) is 18.5. The van der Waals surface area contributed by atoms with Gasteiger partial charge < -0.3 is 0 Å². The quantitative estimate of drug-likeness (QED) is 0.262. The van der Waals surface area contributed by atoms with E-state index in [0.29, 0.717) is 0 Å². The van der Waals surface area contributed by atoms with Crippen LogP contribution in [0.5, 0.6) is 0 Å². The minimum atomic E-state index is 1.01. The highest BCUT2D eigenvalue weighted by Crippen LogP contribution is 2.37. The SMILES string of the molecule is C1=CC(c2ccc3c4cc(-c5ccccc5)ccc4n4c5c(nc4c3c2)CCC=C5)=CCC1. The molecule has 0 N–H and O–H groups in total. The Balaban J connectivity index is 1.59. The second-order valence-corrected chi connectivity index (χ2v) is 9.04. The van der Waals surface area contributed by atoms with Crippen LogP contribution in [0.1, 0.15) is 36.2 Å². The van der Waals surface area contributed by atoms with E-state index in [0.717, 1.165) is 31.3 Å². The van der Waals surface area contributed by atoms with Crippen LogP contribution in [0.15, 0.2) is 91.0 Å². The van der Waals surface area contributed by atoms with Gasteiger partial charge in [-0.3, -0.25) is 4.40 Å². The van der Waals surface area contributed by atoms with Crippen molar-refractivity contribution in [3.05, 3.63) is 108 Å². The summed E-state index contributed by atoms with van der Waals surface area (Å²) in [6.45, 7) is 0. The molecule has 158 valence electrons. The Morgan fingerprint density at radius 3 is 2.39 bits per heavy atom. The molecule has 0 spiro atoms. The molecule has 2 nitrogen and oxygen atoms in total. The molecule has 0 unspecified atom stereocenters. The third-order valence-corrected chi connectivity index (χ3v) is 7.04. The monoisotopic (exact) mass is 424 g/mol. The summed E-state index contributed by atoms with van der Waals surface area (Å²) in [5.41, 5.74) is 9.82. The Bertz CT molecular complexity index is 1650. The zero-order chi connectivity index (χ0) is 21.8. The number of aryl methyl sites for hydroxylation is 1. The van der Waals surface area contributed by atoms with Gasteiger partial charge in [0.25, 0.3) is 0 Å². The molecule has 5 aromatic rings. The average Bonchev–Trinajstić information content (AvgIpc) is 3.29. The van der Waals surface area contributed by atoms with Gasteiger partial charge in [-0.2, -0.15) is 0 Å². The second kappa shape index (κ2) is 7.31. The molecule has 7 rings (SSSR count). The van der Waals surface area contributed by atoms with Crippen LogP contribution >= 0.6 is 0 Å². The van der Waals surface area contributed by atoms with E-state index in [-0.39, 0.29) is 0 Å². The topological polar surface area (TPSA) is 17.3 Å². The highest BCUT2D eigenvalue weighted by atomic mass is 15.0. The largest absolute Gasteiger partial charge is 0.292 e. The molecular weight excluding hydrogens is 400 g/mol. The standard InChI is InChI=1S/C31H24N2/c1-3-9-21(10-4-1)23-15-17-25-26-19-24(22-11-5-2-6-12-22)16-18-29(26)33-30-14-8-7-13-28(30)32-31(33)27(25)20-23/h2-3,5-6,8-12,14-20H,1,4,7,13H2. The van der Waals surface area contributed by atoms with Crippen LogP contribution < -0.4 is 0 Å². The van der Waals surface area contributed by atoms with Crippen molar-refractivity contribution in [2.24, 2.45) is 0 Å². The minimum absolute atomic E-state index is 1.01. The molecule has 2 aliphatic rings. The van der Waals surface area contributed by atoms with Gasteiger partial charge in [-0.15, -0.1) is 0 Å². The van der Waals surface area contributed by atoms with Crippen LogP contribution in [0, 0.1) is 0 Å². The maximum atomic E-state index is 5.17. The molecule has 0 bridgehead atoms. The van der Waals surface area contributed by atoms with Gasteiger partial charge in [0.1, 0.15) is 5.65 Å². The van der Waals surface area contributed by atoms with Gasteiger partial charge in [0.2, 0.25) is 0 Å². The van der Waals surface area contributed by atoms with Gasteiger partial charge in [0.05, 0.1) is 16.9 Å². The summed E-state index contributed by atoms with van der Waals surface area (Å²) < 4.78 is 2.38. The smallest absolute Gasteiger partial charge is 0.145 e. The highest BCUT2D eigenvalue weighted by Gasteiger charge is 2.19. The zero-order valence-electron chi connectivity index (χ0n) is 18.5. The first-order valence-electron chi connectivity index (χ1n) is 11.9. The molecule has 3 aromatic carbocycles. The molecule has 0 radical (unpaired) electrons. The summed E-state index contributed by atoms with van der Waals surface area (Å²) in [5.74, 6) is 0. The Morgan fingerprint density at radius 2 is 1.52 bits per heavy atom. The number of hydrogen-bond donors (Lipinski definition) is 0. The Labute approximate surface area is 193 Å². The number of rotatable bonds is 2. The average molecular weight is 425 g/mol. The highest BCUT2D eigenvalue weighted by molar-refractivity contribution is 6.13. The van der Waals surface area contributed by atoms with Gasteiger partial charge in [0.15, 0.2) is 0 Å². The summed E-state index contributed by atoms with van der Waals surface area (Å²) in [6.07, 6.45) is 15.7. The molecule has 0 aliphatic heterocycles. The first-order chi connectivity index (χ1) is 16.4. The van der Waals surface area contributed by atoms with Crippen LogP contribution in [0.4, 0.5) is 0 Å². The molecule has 0 fully saturated rings. The number of aromatic nitrogens is 2. The van der Waals surface area contributed by atoms with Crippen molar-refractivity contribution in [3.63, 3.8) is 0 Å². The Morgan fingerprint density at radius 1 is 0.667 bits per heavy atom. The van der Waals surface area contributed by atoms with Crippen LogP contribution in [0.3, 0.4) is 0 Å². The van der Waals surface area contributed by atoms with E-state index in [1.54, 1.807) is 0 Å². The lowest BCUT2D eigenvalue weighted by Gasteiger charge is -2.14. The van der Waals surface area contributed by atoms with Crippen LogP contribution in [0.25, 0.3) is 50.1 Å². The van der Waals surface area contributed by atoms with Crippen LogP contribution in [-0.2, 0) is 6.42 Å². The first kappa shape index (κ1) is 18.6. The summed E-state index contributed by atoms with van der Waals surface area (Å²) in [7, 11) is 0. The van der Waals surface area contributed by atoms with E-state index in [9.17, 15) is 0 Å². The van der Waals surface area contributed by atoms with E-state index in [2.05, 4.69) is 102 Å². The molecule has 0 atom stereocenters. The molecule has 2 aliphatic carbocycles. The number of benzene rings is 3. The van der Waals surface area contributed by atoms with Crippen molar-refractivity contribution in [2.45, 2.75) is 25.7 Å². The Kier molecular flexibility index (Phi) is 4.13. The van der Waals surface area contributed by atoms with E-state index in [1.807, 2.05) is 0 Å². The van der Waals surface area contributed by atoms with Crippen LogP contribution in [0.2, 0.25) is 0 Å². The number of nitrogens with zero attached hydrogens (tertiary/aromatic N) is 2. The minimum Gasteiger partial charge on any atom is -0.292 e. The maximum Gasteiger partial charge on any atom is 0.145 e. The van der Waals surface area contributed by atoms with Gasteiger partial charge in [-0.05, 0) is 77.6 Å². The van der Waals surface area contributed by atoms with E-state index >= 15 is 0 Å².